The Balaban J connectivity index is 1.44. The van der Waals surface area contributed by atoms with Crippen molar-refractivity contribution in [2.24, 2.45) is 0 Å². The average molecular weight is 387 g/mol. The van der Waals surface area contributed by atoms with Crippen molar-refractivity contribution in [3.63, 3.8) is 0 Å². The minimum absolute atomic E-state index is 0.276. The van der Waals surface area contributed by atoms with Crippen molar-refractivity contribution in [3.8, 4) is 0 Å². The van der Waals surface area contributed by atoms with Crippen molar-refractivity contribution in [1.82, 2.24) is 14.9 Å². The van der Waals surface area contributed by atoms with Crippen molar-refractivity contribution >= 4 is 27.8 Å². The van der Waals surface area contributed by atoms with E-state index in [1.165, 1.54) is 0 Å². The van der Waals surface area contributed by atoms with Gasteiger partial charge in [0.2, 0.25) is 11.9 Å². The lowest BCUT2D eigenvalue weighted by atomic mass is 9.94. The molecule has 0 unspecified atom stereocenters. The van der Waals surface area contributed by atoms with E-state index in [2.05, 4.69) is 42.9 Å². The first-order chi connectivity index (χ1) is 11.7. The number of anilines is 1. The van der Waals surface area contributed by atoms with Gasteiger partial charge in [0.15, 0.2) is 0 Å². The second kappa shape index (κ2) is 6.16. The molecule has 6 heteroatoms. The van der Waals surface area contributed by atoms with Crippen LogP contribution in [0.5, 0.6) is 0 Å². The topological polar surface area (TPSA) is 49.3 Å². The summed E-state index contributed by atoms with van der Waals surface area (Å²) in [6.45, 7) is 3.03. The molecule has 0 bridgehead atoms. The zero-order valence-electron chi connectivity index (χ0n) is 13.4. The van der Waals surface area contributed by atoms with Gasteiger partial charge in [0, 0.05) is 43.0 Å². The largest absolute Gasteiger partial charge is 0.338 e. The maximum absolute atomic E-state index is 13.1. The summed E-state index contributed by atoms with van der Waals surface area (Å²) in [5, 5.41) is 0. The Hall–Kier alpha value is -1.95. The highest BCUT2D eigenvalue weighted by Crippen LogP contribution is 2.49. The number of hydrogen-bond acceptors (Lipinski definition) is 4. The fourth-order valence-corrected chi connectivity index (χ4v) is 3.65. The summed E-state index contributed by atoms with van der Waals surface area (Å²) in [6, 6.07) is 10.0. The third-order valence-electron chi connectivity index (χ3n) is 4.96. The molecule has 2 aliphatic rings. The Morgan fingerprint density at radius 2 is 1.62 bits per heavy atom. The molecule has 5 nitrogen and oxygen atoms in total. The van der Waals surface area contributed by atoms with Crippen LogP contribution in [-0.2, 0) is 10.2 Å². The lowest BCUT2D eigenvalue weighted by molar-refractivity contribution is -0.134. The molecule has 1 saturated heterocycles. The zero-order valence-corrected chi connectivity index (χ0v) is 14.9. The van der Waals surface area contributed by atoms with Crippen LogP contribution in [0.1, 0.15) is 18.4 Å². The van der Waals surface area contributed by atoms with Gasteiger partial charge in [-0.15, -0.1) is 0 Å². The molecule has 124 valence electrons. The zero-order chi connectivity index (χ0) is 16.6. The maximum atomic E-state index is 13.1. The molecule has 2 aromatic rings. The van der Waals surface area contributed by atoms with E-state index in [4.69, 9.17) is 0 Å². The summed E-state index contributed by atoms with van der Waals surface area (Å²) >= 11 is 3.46. The smallest absolute Gasteiger partial charge is 0.233 e. The molecule has 1 aromatic carbocycles. The Morgan fingerprint density at radius 3 is 2.21 bits per heavy atom. The second-order valence-corrected chi connectivity index (χ2v) is 7.33. The summed E-state index contributed by atoms with van der Waals surface area (Å²) < 4.78 is 1.05. The molecule has 1 saturated carbocycles. The Morgan fingerprint density at radius 1 is 1.00 bits per heavy atom. The van der Waals surface area contributed by atoms with Crippen LogP contribution < -0.4 is 4.90 Å². The third-order valence-corrected chi connectivity index (χ3v) is 5.49. The number of carbonyl (C=O) groups excluding carboxylic acids is 1. The first-order valence-electron chi connectivity index (χ1n) is 8.26. The fraction of sp³-hybridized carbons (Fsp3) is 0.389. The number of rotatable bonds is 3. The SMILES string of the molecule is O=C(N1CCN(c2ncccn2)CC1)C1(c2ccc(Br)cc2)CC1. The molecule has 1 aromatic heterocycles. The van der Waals surface area contributed by atoms with Crippen LogP contribution in [0.3, 0.4) is 0 Å². The third kappa shape index (κ3) is 2.79. The molecule has 0 N–H and O–H groups in total. The van der Waals surface area contributed by atoms with Gasteiger partial charge in [-0.05, 0) is 36.6 Å². The molecule has 1 amide bonds. The first-order valence-corrected chi connectivity index (χ1v) is 9.06. The van der Waals surface area contributed by atoms with E-state index in [0.29, 0.717) is 0 Å². The van der Waals surface area contributed by atoms with Gasteiger partial charge in [0.25, 0.3) is 0 Å². The fourth-order valence-electron chi connectivity index (χ4n) is 3.39. The lowest BCUT2D eigenvalue weighted by Gasteiger charge is -2.36. The van der Waals surface area contributed by atoms with E-state index in [9.17, 15) is 4.79 Å². The predicted molar refractivity (Wildman–Crippen MR) is 95.9 cm³/mol. The van der Waals surface area contributed by atoms with Gasteiger partial charge in [0.1, 0.15) is 0 Å². The van der Waals surface area contributed by atoms with Gasteiger partial charge in [-0.25, -0.2) is 9.97 Å². The average Bonchev–Trinajstić information content (AvgIpc) is 3.44. The van der Waals surface area contributed by atoms with E-state index in [-0.39, 0.29) is 11.3 Å². The molecule has 0 spiro atoms. The van der Waals surface area contributed by atoms with Crippen LogP contribution in [0.4, 0.5) is 5.95 Å². The van der Waals surface area contributed by atoms with E-state index in [0.717, 1.165) is 55.0 Å². The molecular weight excluding hydrogens is 368 g/mol. The molecule has 2 heterocycles. The Bertz CT molecular complexity index is 722. The number of aromatic nitrogens is 2. The van der Waals surface area contributed by atoms with E-state index >= 15 is 0 Å². The molecular formula is C18H19BrN4O. The summed E-state index contributed by atoms with van der Waals surface area (Å²) in [7, 11) is 0. The molecule has 2 fully saturated rings. The van der Waals surface area contributed by atoms with Crippen molar-refractivity contribution in [3.05, 3.63) is 52.8 Å². The highest BCUT2D eigenvalue weighted by atomic mass is 79.9. The van der Waals surface area contributed by atoms with Gasteiger partial charge in [-0.1, -0.05) is 28.1 Å². The van der Waals surface area contributed by atoms with Gasteiger partial charge in [0.05, 0.1) is 5.41 Å². The van der Waals surface area contributed by atoms with Crippen molar-refractivity contribution < 1.29 is 4.79 Å². The summed E-state index contributed by atoms with van der Waals surface area (Å²) in [6.07, 6.45) is 5.42. The van der Waals surface area contributed by atoms with E-state index < -0.39 is 0 Å². The Kier molecular flexibility index (Phi) is 4.00. The maximum Gasteiger partial charge on any atom is 0.233 e. The minimum Gasteiger partial charge on any atom is -0.338 e. The number of nitrogens with zero attached hydrogens (tertiary/aromatic N) is 4. The molecule has 1 aliphatic heterocycles. The highest BCUT2D eigenvalue weighted by Gasteiger charge is 2.53. The Labute approximate surface area is 149 Å². The van der Waals surface area contributed by atoms with Crippen LogP contribution in [0.25, 0.3) is 0 Å². The van der Waals surface area contributed by atoms with Crippen LogP contribution in [0, 0.1) is 0 Å². The van der Waals surface area contributed by atoms with Crippen molar-refractivity contribution in [2.45, 2.75) is 18.3 Å². The van der Waals surface area contributed by atoms with Crippen LogP contribution >= 0.6 is 15.9 Å². The minimum atomic E-state index is -0.286. The number of amides is 1. The van der Waals surface area contributed by atoms with Crippen LogP contribution in [0.2, 0.25) is 0 Å². The summed E-state index contributed by atoms with van der Waals surface area (Å²) in [5.74, 6) is 1.03. The van der Waals surface area contributed by atoms with Crippen molar-refractivity contribution in [2.75, 3.05) is 31.1 Å². The number of benzene rings is 1. The monoisotopic (exact) mass is 386 g/mol. The lowest BCUT2D eigenvalue weighted by Crippen LogP contribution is -2.52. The van der Waals surface area contributed by atoms with Crippen LogP contribution in [-0.4, -0.2) is 47.0 Å². The van der Waals surface area contributed by atoms with Gasteiger partial charge in [-0.3, -0.25) is 4.79 Å². The second-order valence-electron chi connectivity index (χ2n) is 6.42. The quantitative estimate of drug-likeness (QED) is 0.813. The molecule has 0 atom stereocenters. The summed E-state index contributed by atoms with van der Waals surface area (Å²) in [5.41, 5.74) is 0.857. The van der Waals surface area contributed by atoms with Crippen LogP contribution in [0.15, 0.2) is 47.2 Å². The van der Waals surface area contributed by atoms with Gasteiger partial charge in [-0.2, -0.15) is 0 Å². The number of halogens is 1. The molecule has 4 rings (SSSR count). The standard InChI is InChI=1S/C18H19BrN4O/c19-15-4-2-14(3-5-15)18(6-7-18)16(24)22-10-12-23(13-11-22)17-20-8-1-9-21-17/h1-5,8-9H,6-7,10-13H2. The van der Waals surface area contributed by atoms with Gasteiger partial charge >= 0.3 is 0 Å². The molecule has 24 heavy (non-hydrogen) atoms. The number of carbonyl (C=O) groups is 1. The summed E-state index contributed by atoms with van der Waals surface area (Å²) in [4.78, 5) is 25.8. The molecule has 0 radical (unpaired) electrons. The normalized spacial score (nSPS) is 19.2. The first kappa shape index (κ1) is 15.6. The van der Waals surface area contributed by atoms with Crippen molar-refractivity contribution in [1.29, 1.82) is 0 Å². The van der Waals surface area contributed by atoms with Gasteiger partial charge < -0.3 is 9.80 Å². The van der Waals surface area contributed by atoms with E-state index in [1.807, 2.05) is 23.1 Å². The van der Waals surface area contributed by atoms with E-state index in [1.54, 1.807) is 12.4 Å². The molecule has 1 aliphatic carbocycles. The highest BCUT2D eigenvalue weighted by molar-refractivity contribution is 9.10. The number of piperazine rings is 1. The predicted octanol–water partition coefficient (Wildman–Crippen LogP) is 2.62. The number of hydrogen-bond donors (Lipinski definition) is 0.